The number of carbonyl (C=O) groups is 1. The van der Waals surface area contributed by atoms with E-state index in [4.69, 9.17) is 14.9 Å². The smallest absolute Gasteiger partial charge is 0.240 e. The second-order valence-electron chi connectivity index (χ2n) is 4.10. The van der Waals surface area contributed by atoms with Crippen molar-refractivity contribution in [2.45, 2.75) is 19.5 Å². The molecule has 0 aliphatic heterocycles. The first kappa shape index (κ1) is 13.4. The normalized spacial score (nSPS) is 11.3. The Balaban J connectivity index is 2.04. The van der Waals surface area contributed by atoms with Crippen molar-refractivity contribution in [3.8, 4) is 12.1 Å². The molecule has 0 saturated heterocycles. The van der Waals surface area contributed by atoms with Crippen LogP contribution in [0.2, 0.25) is 0 Å². The Morgan fingerprint density at radius 1 is 1.55 bits per heavy atom. The van der Waals surface area contributed by atoms with E-state index in [-0.39, 0.29) is 29.9 Å². The van der Waals surface area contributed by atoms with E-state index in [9.17, 15) is 4.79 Å². The lowest BCUT2D eigenvalue weighted by Gasteiger charge is -2.11. The van der Waals surface area contributed by atoms with Gasteiger partial charge in [-0.1, -0.05) is 0 Å². The number of nitrogens with zero attached hydrogens (tertiary/aromatic N) is 4. The second-order valence-corrected chi connectivity index (χ2v) is 4.10. The first-order chi connectivity index (χ1) is 9.65. The zero-order chi connectivity index (χ0) is 14.5. The Morgan fingerprint density at radius 2 is 2.35 bits per heavy atom. The highest BCUT2D eigenvalue weighted by Gasteiger charge is 2.15. The van der Waals surface area contributed by atoms with Gasteiger partial charge in [-0.3, -0.25) is 4.79 Å². The molecule has 2 heterocycles. The zero-order valence-electron chi connectivity index (χ0n) is 10.7. The van der Waals surface area contributed by atoms with Crippen LogP contribution in [0.1, 0.15) is 30.1 Å². The topological polar surface area (TPSA) is 108 Å². The van der Waals surface area contributed by atoms with E-state index in [2.05, 4.69) is 10.3 Å². The van der Waals surface area contributed by atoms with Crippen LogP contribution in [0.3, 0.4) is 0 Å². The number of nitriles is 2. The van der Waals surface area contributed by atoms with Crippen molar-refractivity contribution < 1.29 is 9.21 Å². The predicted molar refractivity (Wildman–Crippen MR) is 66.9 cm³/mol. The van der Waals surface area contributed by atoms with Crippen molar-refractivity contribution in [2.75, 3.05) is 0 Å². The van der Waals surface area contributed by atoms with E-state index in [1.165, 1.54) is 17.2 Å². The number of hydrogen-bond donors (Lipinski definition) is 1. The van der Waals surface area contributed by atoms with Gasteiger partial charge in [-0.2, -0.15) is 10.5 Å². The molecule has 7 heteroatoms. The maximum Gasteiger partial charge on any atom is 0.240 e. The third-order valence-electron chi connectivity index (χ3n) is 2.71. The number of rotatable bonds is 4. The molecule has 0 spiro atoms. The maximum atomic E-state index is 11.9. The summed E-state index contributed by atoms with van der Waals surface area (Å²) in [6, 6.07) is 6.88. The SMILES string of the molecule is C[C@H](NC(=O)Cn1cnc(C#N)c1C#N)c1ccco1. The average molecular weight is 269 g/mol. The van der Waals surface area contributed by atoms with Gasteiger partial charge < -0.3 is 14.3 Å². The van der Waals surface area contributed by atoms with Crippen LogP contribution in [-0.2, 0) is 11.3 Å². The molecule has 0 fully saturated rings. The standard InChI is InChI=1S/C13H11N5O2/c1-9(12-3-2-4-20-12)17-13(19)7-18-8-16-10(5-14)11(18)6-15/h2-4,8-9H,7H2,1H3,(H,17,19)/t9-/m0/s1. The van der Waals surface area contributed by atoms with E-state index >= 15 is 0 Å². The number of carbonyl (C=O) groups excluding carboxylic acids is 1. The van der Waals surface area contributed by atoms with Gasteiger partial charge in [-0.15, -0.1) is 0 Å². The van der Waals surface area contributed by atoms with E-state index in [1.54, 1.807) is 25.1 Å². The lowest BCUT2D eigenvalue weighted by Crippen LogP contribution is -2.30. The molecule has 0 aromatic carbocycles. The fraction of sp³-hybridized carbons (Fsp3) is 0.231. The Hall–Kier alpha value is -3.06. The summed E-state index contributed by atoms with van der Waals surface area (Å²) in [5.41, 5.74) is 0.0904. The first-order valence-electron chi connectivity index (χ1n) is 5.83. The summed E-state index contributed by atoms with van der Waals surface area (Å²) in [4.78, 5) is 15.7. The quantitative estimate of drug-likeness (QED) is 0.894. The number of imidazole rings is 1. The van der Waals surface area contributed by atoms with E-state index in [0.717, 1.165) is 0 Å². The van der Waals surface area contributed by atoms with Gasteiger partial charge in [0, 0.05) is 0 Å². The third-order valence-corrected chi connectivity index (χ3v) is 2.71. The molecule has 20 heavy (non-hydrogen) atoms. The summed E-state index contributed by atoms with van der Waals surface area (Å²) in [5, 5.41) is 20.5. The number of nitrogens with one attached hydrogen (secondary N) is 1. The maximum absolute atomic E-state index is 11.9. The summed E-state index contributed by atoms with van der Waals surface area (Å²) in [5.74, 6) is 0.342. The largest absolute Gasteiger partial charge is 0.467 e. The second kappa shape index (κ2) is 5.72. The fourth-order valence-electron chi connectivity index (χ4n) is 1.75. The summed E-state index contributed by atoms with van der Waals surface area (Å²) in [6.07, 6.45) is 2.83. The molecular weight excluding hydrogens is 258 g/mol. The van der Waals surface area contributed by atoms with Crippen LogP contribution in [0.4, 0.5) is 0 Å². The van der Waals surface area contributed by atoms with Crippen LogP contribution in [0.5, 0.6) is 0 Å². The van der Waals surface area contributed by atoms with Crippen molar-refractivity contribution in [3.05, 3.63) is 41.9 Å². The molecular formula is C13H11N5O2. The van der Waals surface area contributed by atoms with Gasteiger partial charge in [0.25, 0.3) is 0 Å². The predicted octanol–water partition coefficient (Wildman–Crippen LogP) is 1.10. The van der Waals surface area contributed by atoms with Gasteiger partial charge in [-0.25, -0.2) is 4.98 Å². The molecule has 0 aliphatic carbocycles. The molecule has 2 aromatic rings. The van der Waals surface area contributed by atoms with Crippen molar-refractivity contribution in [1.29, 1.82) is 10.5 Å². The lowest BCUT2D eigenvalue weighted by molar-refractivity contribution is -0.122. The molecule has 7 nitrogen and oxygen atoms in total. The van der Waals surface area contributed by atoms with Crippen molar-refractivity contribution in [2.24, 2.45) is 0 Å². The number of furan rings is 1. The van der Waals surface area contributed by atoms with Crippen LogP contribution in [-0.4, -0.2) is 15.5 Å². The highest BCUT2D eigenvalue weighted by Crippen LogP contribution is 2.12. The lowest BCUT2D eigenvalue weighted by atomic mass is 10.2. The highest BCUT2D eigenvalue weighted by atomic mass is 16.3. The van der Waals surface area contributed by atoms with Crippen LogP contribution in [0.15, 0.2) is 29.1 Å². The Labute approximate surface area is 115 Å². The summed E-state index contributed by atoms with van der Waals surface area (Å²) in [6.45, 7) is 1.71. The summed E-state index contributed by atoms with van der Waals surface area (Å²) < 4.78 is 6.52. The van der Waals surface area contributed by atoms with E-state index in [0.29, 0.717) is 5.76 Å². The van der Waals surface area contributed by atoms with Crippen LogP contribution in [0, 0.1) is 22.7 Å². The van der Waals surface area contributed by atoms with Gasteiger partial charge in [0.05, 0.1) is 18.6 Å². The van der Waals surface area contributed by atoms with Gasteiger partial charge in [0.1, 0.15) is 24.4 Å². The minimum Gasteiger partial charge on any atom is -0.467 e. The number of aromatic nitrogens is 2. The van der Waals surface area contributed by atoms with Crippen LogP contribution in [0.25, 0.3) is 0 Å². The Morgan fingerprint density at radius 3 is 2.95 bits per heavy atom. The molecule has 0 bridgehead atoms. The van der Waals surface area contributed by atoms with Gasteiger partial charge >= 0.3 is 0 Å². The molecule has 0 aliphatic rings. The highest BCUT2D eigenvalue weighted by molar-refractivity contribution is 5.76. The fourth-order valence-corrected chi connectivity index (χ4v) is 1.75. The molecule has 0 unspecified atom stereocenters. The summed E-state index contributed by atoms with van der Waals surface area (Å²) >= 11 is 0. The van der Waals surface area contributed by atoms with E-state index < -0.39 is 0 Å². The van der Waals surface area contributed by atoms with Crippen molar-refractivity contribution in [3.63, 3.8) is 0 Å². The minimum absolute atomic E-state index is 0.0133. The number of hydrogen-bond acceptors (Lipinski definition) is 5. The molecule has 2 rings (SSSR count). The van der Waals surface area contributed by atoms with Crippen LogP contribution >= 0.6 is 0 Å². The zero-order valence-corrected chi connectivity index (χ0v) is 10.7. The molecule has 2 aromatic heterocycles. The van der Waals surface area contributed by atoms with E-state index in [1.807, 2.05) is 6.07 Å². The first-order valence-corrected chi connectivity index (χ1v) is 5.83. The van der Waals surface area contributed by atoms with Gasteiger partial charge in [0.2, 0.25) is 5.91 Å². The molecule has 1 N–H and O–H groups in total. The molecule has 100 valence electrons. The van der Waals surface area contributed by atoms with Gasteiger partial charge in [-0.05, 0) is 19.1 Å². The monoisotopic (exact) mass is 269 g/mol. The van der Waals surface area contributed by atoms with Crippen molar-refractivity contribution >= 4 is 5.91 Å². The molecule has 1 amide bonds. The Kier molecular flexibility index (Phi) is 3.82. The third kappa shape index (κ3) is 2.68. The minimum atomic E-state index is -0.299. The molecule has 0 radical (unpaired) electrons. The number of amides is 1. The summed E-state index contributed by atoms with van der Waals surface area (Å²) in [7, 11) is 0. The average Bonchev–Trinajstić information content (AvgIpc) is 3.07. The molecule has 1 atom stereocenters. The van der Waals surface area contributed by atoms with Gasteiger partial charge in [0.15, 0.2) is 11.4 Å². The van der Waals surface area contributed by atoms with Crippen LogP contribution < -0.4 is 5.32 Å². The molecule has 0 saturated carbocycles. The van der Waals surface area contributed by atoms with Crippen molar-refractivity contribution in [1.82, 2.24) is 14.9 Å². The Bertz CT molecular complexity index is 687.